The fraction of sp³-hybridized carbons (Fsp3) is 0.444. The lowest BCUT2D eigenvalue weighted by Gasteiger charge is -2.21. The number of imidazole rings is 1. The molecule has 1 aromatic carbocycles. The summed E-state index contributed by atoms with van der Waals surface area (Å²) >= 11 is 0. The first kappa shape index (κ1) is 18.6. The Morgan fingerprint density at radius 1 is 1.04 bits per heavy atom. The predicted octanol–water partition coefficient (Wildman–Crippen LogP) is 1.57. The summed E-state index contributed by atoms with van der Waals surface area (Å²) in [5, 5.41) is 0.0656. The molecule has 3 rings (SSSR count). The van der Waals surface area contributed by atoms with Crippen molar-refractivity contribution in [3.05, 3.63) is 47.4 Å². The Balaban J connectivity index is 1.73. The van der Waals surface area contributed by atoms with Gasteiger partial charge in [0.15, 0.2) is 5.03 Å². The maximum Gasteiger partial charge on any atom is 0.262 e. The minimum Gasteiger partial charge on any atom is -0.337 e. The minimum absolute atomic E-state index is 0.0575. The molecule has 8 heteroatoms. The second-order valence-corrected chi connectivity index (χ2v) is 8.54. The number of hydrogen-bond acceptors (Lipinski definition) is 4. The third-order valence-electron chi connectivity index (χ3n) is 4.73. The standard InChI is InChI=1S/C18H24N4O3S/c1-14-5-7-16(8-6-14)18(23)21-9-4-10-22(12-11-21)26(24,25)17-13-20(3)15(2)19-17/h5-8,13H,4,9-12H2,1-3H3. The molecule has 0 aliphatic carbocycles. The number of aryl methyl sites for hydroxylation is 3. The van der Waals surface area contributed by atoms with Gasteiger partial charge in [0, 0.05) is 45.0 Å². The molecule has 26 heavy (non-hydrogen) atoms. The topological polar surface area (TPSA) is 75.5 Å². The summed E-state index contributed by atoms with van der Waals surface area (Å²) < 4.78 is 28.8. The molecule has 2 heterocycles. The summed E-state index contributed by atoms with van der Waals surface area (Å²) in [7, 11) is -1.87. The number of carbonyl (C=O) groups is 1. The molecule has 0 N–H and O–H groups in total. The van der Waals surface area contributed by atoms with Gasteiger partial charge >= 0.3 is 0 Å². The van der Waals surface area contributed by atoms with Crippen molar-refractivity contribution < 1.29 is 13.2 Å². The van der Waals surface area contributed by atoms with Crippen LogP contribution < -0.4 is 0 Å². The van der Waals surface area contributed by atoms with Gasteiger partial charge in [0.1, 0.15) is 5.82 Å². The van der Waals surface area contributed by atoms with Crippen LogP contribution in [0.15, 0.2) is 35.5 Å². The molecule has 140 valence electrons. The lowest BCUT2D eigenvalue weighted by atomic mass is 10.1. The Morgan fingerprint density at radius 2 is 1.73 bits per heavy atom. The van der Waals surface area contributed by atoms with Gasteiger partial charge in [-0.25, -0.2) is 13.4 Å². The van der Waals surface area contributed by atoms with Gasteiger partial charge in [-0.3, -0.25) is 4.79 Å². The molecular formula is C18H24N4O3S. The second kappa shape index (κ2) is 7.20. The van der Waals surface area contributed by atoms with E-state index >= 15 is 0 Å². The fourth-order valence-electron chi connectivity index (χ4n) is 3.00. The molecule has 1 aromatic heterocycles. The van der Waals surface area contributed by atoms with Crippen LogP contribution in [0, 0.1) is 13.8 Å². The molecule has 7 nitrogen and oxygen atoms in total. The molecule has 0 saturated carbocycles. The van der Waals surface area contributed by atoms with E-state index in [4.69, 9.17) is 0 Å². The molecular weight excluding hydrogens is 352 g/mol. The van der Waals surface area contributed by atoms with Crippen molar-refractivity contribution >= 4 is 15.9 Å². The number of rotatable bonds is 3. The van der Waals surface area contributed by atoms with Crippen molar-refractivity contribution in [2.75, 3.05) is 26.2 Å². The van der Waals surface area contributed by atoms with Crippen molar-refractivity contribution in [2.24, 2.45) is 7.05 Å². The molecule has 2 aromatic rings. The van der Waals surface area contributed by atoms with Crippen molar-refractivity contribution in [1.82, 2.24) is 18.8 Å². The van der Waals surface area contributed by atoms with Crippen LogP contribution in [0.3, 0.4) is 0 Å². The quantitative estimate of drug-likeness (QED) is 0.815. The highest BCUT2D eigenvalue weighted by molar-refractivity contribution is 7.89. The monoisotopic (exact) mass is 376 g/mol. The van der Waals surface area contributed by atoms with Gasteiger partial charge in [0.25, 0.3) is 15.9 Å². The maximum absolute atomic E-state index is 12.8. The largest absolute Gasteiger partial charge is 0.337 e. The number of hydrogen-bond donors (Lipinski definition) is 0. The molecule has 1 aliphatic rings. The van der Waals surface area contributed by atoms with Gasteiger partial charge in [0.2, 0.25) is 0 Å². The molecule has 1 saturated heterocycles. The zero-order valence-electron chi connectivity index (χ0n) is 15.3. The van der Waals surface area contributed by atoms with E-state index < -0.39 is 10.0 Å². The Labute approximate surface area is 154 Å². The SMILES string of the molecule is Cc1ccc(C(=O)N2CCCN(S(=O)(=O)c3cn(C)c(C)n3)CC2)cc1. The highest BCUT2D eigenvalue weighted by Gasteiger charge is 2.30. The molecule has 0 bridgehead atoms. The van der Waals surface area contributed by atoms with Crippen molar-refractivity contribution in [3.8, 4) is 0 Å². The molecule has 0 unspecified atom stereocenters. The Hall–Kier alpha value is -2.19. The Morgan fingerprint density at radius 3 is 2.35 bits per heavy atom. The van der Waals surface area contributed by atoms with Gasteiger partial charge in [-0.2, -0.15) is 4.31 Å². The minimum atomic E-state index is -3.64. The van der Waals surface area contributed by atoms with Gasteiger partial charge < -0.3 is 9.47 Å². The van der Waals surface area contributed by atoms with Crippen LogP contribution in [0.4, 0.5) is 0 Å². The summed E-state index contributed by atoms with van der Waals surface area (Å²) in [6, 6.07) is 7.44. The lowest BCUT2D eigenvalue weighted by molar-refractivity contribution is 0.0764. The highest BCUT2D eigenvalue weighted by atomic mass is 32.2. The third kappa shape index (κ3) is 3.66. The van der Waals surface area contributed by atoms with Crippen LogP contribution in [-0.4, -0.2) is 59.3 Å². The van der Waals surface area contributed by atoms with Crippen molar-refractivity contribution in [3.63, 3.8) is 0 Å². The summed E-state index contributed by atoms with van der Waals surface area (Å²) in [5.41, 5.74) is 1.73. The second-order valence-electron chi connectivity index (χ2n) is 6.65. The van der Waals surface area contributed by atoms with Crippen LogP contribution in [0.25, 0.3) is 0 Å². The number of amides is 1. The van der Waals surface area contributed by atoms with Crippen molar-refractivity contribution in [1.29, 1.82) is 0 Å². The zero-order valence-corrected chi connectivity index (χ0v) is 16.2. The number of carbonyl (C=O) groups excluding carboxylic acids is 1. The van der Waals surface area contributed by atoms with E-state index in [0.29, 0.717) is 37.4 Å². The first-order valence-corrected chi connectivity index (χ1v) is 10.1. The van der Waals surface area contributed by atoms with E-state index in [-0.39, 0.29) is 17.5 Å². The average molecular weight is 376 g/mol. The highest BCUT2D eigenvalue weighted by Crippen LogP contribution is 2.18. The van der Waals surface area contributed by atoms with Crippen molar-refractivity contribution in [2.45, 2.75) is 25.3 Å². The number of aromatic nitrogens is 2. The summed E-state index contributed by atoms with van der Waals surface area (Å²) in [5.74, 6) is 0.590. The van der Waals surface area contributed by atoms with E-state index in [0.717, 1.165) is 5.56 Å². The van der Waals surface area contributed by atoms with Gasteiger partial charge in [0.05, 0.1) is 0 Å². The van der Waals surface area contributed by atoms with Crippen LogP contribution in [-0.2, 0) is 17.1 Å². The molecule has 0 atom stereocenters. The van der Waals surface area contributed by atoms with Gasteiger partial charge in [-0.15, -0.1) is 0 Å². The Bertz CT molecular complexity index is 884. The number of nitrogens with zero attached hydrogens (tertiary/aromatic N) is 4. The van der Waals surface area contributed by atoms with Crippen LogP contribution in [0.5, 0.6) is 0 Å². The molecule has 0 spiro atoms. The summed E-state index contributed by atoms with van der Waals surface area (Å²) in [4.78, 5) is 18.6. The van der Waals surface area contributed by atoms with Crippen LogP contribution in [0.2, 0.25) is 0 Å². The Kier molecular flexibility index (Phi) is 5.15. The fourth-order valence-corrected chi connectivity index (χ4v) is 4.49. The normalized spacial score (nSPS) is 16.5. The van der Waals surface area contributed by atoms with Gasteiger partial charge in [-0.1, -0.05) is 17.7 Å². The molecule has 0 radical (unpaired) electrons. The molecule has 1 aliphatic heterocycles. The van der Waals surface area contributed by atoms with E-state index in [9.17, 15) is 13.2 Å². The first-order chi connectivity index (χ1) is 12.3. The number of benzene rings is 1. The third-order valence-corrected chi connectivity index (χ3v) is 6.50. The summed E-state index contributed by atoms with van der Waals surface area (Å²) in [6.45, 7) is 5.31. The van der Waals surface area contributed by atoms with E-state index in [2.05, 4.69) is 4.98 Å². The van der Waals surface area contributed by atoms with E-state index in [1.165, 1.54) is 10.5 Å². The average Bonchev–Trinajstić information content (AvgIpc) is 2.82. The number of sulfonamides is 1. The smallest absolute Gasteiger partial charge is 0.262 e. The van der Waals surface area contributed by atoms with Crippen LogP contribution >= 0.6 is 0 Å². The lowest BCUT2D eigenvalue weighted by Crippen LogP contribution is -2.37. The first-order valence-electron chi connectivity index (χ1n) is 8.65. The van der Waals surface area contributed by atoms with E-state index in [1.807, 2.05) is 31.2 Å². The summed E-state index contributed by atoms with van der Waals surface area (Å²) in [6.07, 6.45) is 2.13. The van der Waals surface area contributed by atoms with E-state index in [1.54, 1.807) is 23.4 Å². The van der Waals surface area contributed by atoms with Gasteiger partial charge in [-0.05, 0) is 32.4 Å². The predicted molar refractivity (Wildman–Crippen MR) is 98.4 cm³/mol. The maximum atomic E-state index is 12.8. The molecule has 1 amide bonds. The van der Waals surface area contributed by atoms with Crippen LogP contribution in [0.1, 0.15) is 28.2 Å². The molecule has 1 fully saturated rings. The zero-order chi connectivity index (χ0) is 18.9.